The van der Waals surface area contributed by atoms with E-state index in [-0.39, 0.29) is 17.6 Å². The van der Waals surface area contributed by atoms with Crippen molar-refractivity contribution in [2.75, 3.05) is 19.6 Å². The Morgan fingerprint density at radius 1 is 1.20 bits per heavy atom. The Kier molecular flexibility index (Phi) is 6.88. The van der Waals surface area contributed by atoms with Gasteiger partial charge in [-0.2, -0.15) is 0 Å². The van der Waals surface area contributed by atoms with Crippen molar-refractivity contribution in [3.63, 3.8) is 0 Å². The van der Waals surface area contributed by atoms with Crippen LogP contribution >= 0.6 is 23.2 Å². The lowest BCUT2D eigenvalue weighted by Gasteiger charge is -2.36. The molecule has 1 saturated carbocycles. The van der Waals surface area contributed by atoms with Gasteiger partial charge in [-0.1, -0.05) is 34.4 Å². The summed E-state index contributed by atoms with van der Waals surface area (Å²) in [5, 5.41) is 28.4. The smallest absolute Gasteiger partial charge is 0.277 e. The Morgan fingerprint density at radius 2 is 2.00 bits per heavy atom. The number of aliphatic hydroxyl groups excluding tert-OH is 1. The third-order valence-corrected chi connectivity index (χ3v) is 6.77. The zero-order valence-corrected chi connectivity index (χ0v) is 20.3. The number of likely N-dealkylation sites (tertiary alicyclic amines) is 1. The molecule has 1 aliphatic heterocycles. The number of furan rings is 1. The van der Waals surface area contributed by atoms with Crippen LogP contribution < -0.4 is 10.1 Å². The van der Waals surface area contributed by atoms with Crippen LogP contribution in [0, 0.1) is 0 Å². The van der Waals surface area contributed by atoms with Crippen molar-refractivity contribution in [1.29, 1.82) is 0 Å². The SMILES string of the molecule is O=C(NC(CN1CCC1)C(O)c1ccc(OC2CC2)c(Cl)c1)/C(=N/O)c1cc2cc(Cl)ccc2o1. The lowest BCUT2D eigenvalue weighted by molar-refractivity contribution is -0.116. The van der Waals surface area contributed by atoms with Crippen molar-refractivity contribution in [2.45, 2.75) is 37.5 Å². The normalized spacial score (nSPS) is 18.2. The maximum Gasteiger partial charge on any atom is 0.277 e. The van der Waals surface area contributed by atoms with Crippen LogP contribution in [0.3, 0.4) is 0 Å². The first kappa shape index (κ1) is 23.9. The molecule has 35 heavy (non-hydrogen) atoms. The molecule has 5 rings (SSSR count). The lowest BCUT2D eigenvalue weighted by atomic mass is 10.00. The van der Waals surface area contributed by atoms with E-state index in [0.29, 0.717) is 38.9 Å². The minimum absolute atomic E-state index is 0.0871. The topological polar surface area (TPSA) is 108 Å². The Labute approximate surface area is 212 Å². The van der Waals surface area contributed by atoms with E-state index in [1.807, 2.05) is 0 Å². The number of hydrogen-bond acceptors (Lipinski definition) is 7. The second-order valence-corrected chi connectivity index (χ2v) is 9.77. The summed E-state index contributed by atoms with van der Waals surface area (Å²) in [4.78, 5) is 15.3. The fraction of sp³-hybridized carbons (Fsp3) is 0.360. The molecule has 1 aliphatic carbocycles. The second-order valence-electron chi connectivity index (χ2n) is 8.93. The molecule has 2 fully saturated rings. The van der Waals surface area contributed by atoms with Crippen molar-refractivity contribution < 1.29 is 24.3 Å². The van der Waals surface area contributed by atoms with Crippen LogP contribution in [0.1, 0.15) is 36.7 Å². The molecule has 8 nitrogen and oxygen atoms in total. The maximum absolute atomic E-state index is 13.1. The van der Waals surface area contributed by atoms with Gasteiger partial charge in [-0.15, -0.1) is 0 Å². The molecule has 0 spiro atoms. The Bertz CT molecular complexity index is 1270. The van der Waals surface area contributed by atoms with Crippen molar-refractivity contribution in [2.24, 2.45) is 5.16 Å². The van der Waals surface area contributed by atoms with Crippen LogP contribution in [0.2, 0.25) is 10.0 Å². The Balaban J connectivity index is 1.35. The van der Waals surface area contributed by atoms with E-state index in [1.54, 1.807) is 42.5 Å². The number of hydrogen-bond donors (Lipinski definition) is 3. The number of rotatable bonds is 9. The largest absolute Gasteiger partial charge is 0.489 e. The van der Waals surface area contributed by atoms with E-state index >= 15 is 0 Å². The number of aliphatic hydroxyl groups is 1. The van der Waals surface area contributed by atoms with Gasteiger partial charge in [0, 0.05) is 17.0 Å². The molecule has 2 heterocycles. The minimum atomic E-state index is -1.05. The van der Waals surface area contributed by atoms with Crippen LogP contribution in [0.5, 0.6) is 5.75 Å². The highest BCUT2D eigenvalue weighted by Crippen LogP contribution is 2.34. The lowest BCUT2D eigenvalue weighted by Crippen LogP contribution is -2.52. The number of carbonyl (C=O) groups is 1. The molecule has 1 aromatic heterocycles. The third kappa shape index (κ3) is 5.41. The monoisotopic (exact) mass is 517 g/mol. The van der Waals surface area contributed by atoms with Crippen molar-refractivity contribution in [3.8, 4) is 5.75 Å². The molecular formula is C25H25Cl2N3O5. The van der Waals surface area contributed by atoms with E-state index in [9.17, 15) is 15.1 Å². The van der Waals surface area contributed by atoms with Crippen molar-refractivity contribution in [1.82, 2.24) is 10.2 Å². The molecule has 1 saturated heterocycles. The summed E-state index contributed by atoms with van der Waals surface area (Å²) >= 11 is 12.4. The highest BCUT2D eigenvalue weighted by Gasteiger charge is 2.31. The summed E-state index contributed by atoms with van der Waals surface area (Å²) in [5.41, 5.74) is 0.743. The van der Waals surface area contributed by atoms with Crippen LogP contribution in [0.25, 0.3) is 11.0 Å². The number of fused-ring (bicyclic) bond motifs is 1. The van der Waals surface area contributed by atoms with Gasteiger partial charge in [-0.3, -0.25) is 4.79 Å². The highest BCUT2D eigenvalue weighted by molar-refractivity contribution is 6.44. The molecule has 184 valence electrons. The van der Waals surface area contributed by atoms with Gasteiger partial charge in [0.15, 0.2) is 5.76 Å². The number of nitrogens with one attached hydrogen (secondary N) is 1. The quantitative estimate of drug-likeness (QED) is 0.221. The average molecular weight is 518 g/mol. The highest BCUT2D eigenvalue weighted by atomic mass is 35.5. The third-order valence-electron chi connectivity index (χ3n) is 6.24. The molecule has 0 bridgehead atoms. The number of nitrogens with zero attached hydrogens (tertiary/aromatic N) is 2. The van der Waals surface area contributed by atoms with Gasteiger partial charge in [-0.05, 0) is 74.3 Å². The van der Waals surface area contributed by atoms with E-state index in [0.717, 1.165) is 32.4 Å². The number of benzene rings is 2. The van der Waals surface area contributed by atoms with Crippen molar-refractivity contribution >= 4 is 45.8 Å². The Hall–Kier alpha value is -2.78. The van der Waals surface area contributed by atoms with Crippen LogP contribution in [0.4, 0.5) is 0 Å². The number of halogens is 2. The molecular weight excluding hydrogens is 493 g/mol. The molecule has 2 unspecified atom stereocenters. The zero-order chi connectivity index (χ0) is 24.5. The van der Waals surface area contributed by atoms with Crippen LogP contribution in [0.15, 0.2) is 52.0 Å². The molecule has 10 heteroatoms. The standard InChI is InChI=1S/C25H25Cl2N3O5/c26-16-3-7-20-15(10-16)12-22(35-20)23(29-33)25(32)28-19(13-30-8-1-9-30)24(31)14-2-6-21(18(27)11-14)34-17-4-5-17/h2-3,6-7,10-12,17,19,24,31,33H,1,4-5,8-9,13H2,(H,28,32)/b29-23+. The predicted molar refractivity (Wildman–Crippen MR) is 133 cm³/mol. The van der Waals surface area contributed by atoms with E-state index in [1.165, 1.54) is 0 Å². The van der Waals surface area contributed by atoms with Crippen LogP contribution in [-0.2, 0) is 4.79 Å². The van der Waals surface area contributed by atoms with E-state index < -0.39 is 18.1 Å². The Morgan fingerprint density at radius 3 is 2.66 bits per heavy atom. The minimum Gasteiger partial charge on any atom is -0.489 e. The zero-order valence-electron chi connectivity index (χ0n) is 18.8. The van der Waals surface area contributed by atoms with Gasteiger partial charge in [-0.25, -0.2) is 0 Å². The molecule has 2 aliphatic rings. The van der Waals surface area contributed by atoms with Crippen LogP contribution in [-0.4, -0.2) is 58.6 Å². The first-order valence-corrected chi connectivity index (χ1v) is 12.3. The second kappa shape index (κ2) is 10.1. The van der Waals surface area contributed by atoms with E-state index in [4.69, 9.17) is 32.4 Å². The summed E-state index contributed by atoms with van der Waals surface area (Å²) in [6.45, 7) is 2.16. The molecule has 1 amide bonds. The summed E-state index contributed by atoms with van der Waals surface area (Å²) in [6, 6.07) is 11.1. The fourth-order valence-corrected chi connectivity index (χ4v) is 4.45. The van der Waals surface area contributed by atoms with Gasteiger partial charge in [0.2, 0.25) is 5.71 Å². The maximum atomic E-state index is 13.1. The summed E-state index contributed by atoms with van der Waals surface area (Å²) < 4.78 is 11.5. The average Bonchev–Trinajstić information content (AvgIpc) is 3.53. The summed E-state index contributed by atoms with van der Waals surface area (Å²) in [6.07, 6.45) is 2.23. The van der Waals surface area contributed by atoms with Crippen molar-refractivity contribution in [3.05, 3.63) is 63.8 Å². The number of carbonyl (C=O) groups excluding carboxylic acids is 1. The van der Waals surface area contributed by atoms with Gasteiger partial charge < -0.3 is 29.7 Å². The summed E-state index contributed by atoms with van der Waals surface area (Å²) in [5.74, 6) is -0.0146. The first-order valence-electron chi connectivity index (χ1n) is 11.5. The van der Waals surface area contributed by atoms with Gasteiger partial charge >= 0.3 is 0 Å². The number of ether oxygens (including phenoxy) is 1. The van der Waals surface area contributed by atoms with E-state index in [2.05, 4.69) is 15.4 Å². The molecule has 0 radical (unpaired) electrons. The molecule has 2 atom stereocenters. The number of oxime groups is 1. The fourth-order valence-electron chi connectivity index (χ4n) is 4.04. The molecule has 3 aromatic rings. The number of amides is 1. The molecule has 2 aromatic carbocycles. The van der Waals surface area contributed by atoms with Gasteiger partial charge in [0.1, 0.15) is 17.4 Å². The first-order chi connectivity index (χ1) is 16.9. The van der Waals surface area contributed by atoms with Gasteiger partial charge in [0.25, 0.3) is 5.91 Å². The predicted octanol–water partition coefficient (Wildman–Crippen LogP) is 4.38. The molecule has 3 N–H and O–H groups in total. The van der Waals surface area contributed by atoms with Gasteiger partial charge in [0.05, 0.1) is 17.2 Å². The summed E-state index contributed by atoms with van der Waals surface area (Å²) in [7, 11) is 0.